The van der Waals surface area contributed by atoms with Gasteiger partial charge in [0.1, 0.15) is 18.1 Å². The van der Waals surface area contributed by atoms with Crippen LogP contribution in [0.1, 0.15) is 24.8 Å². The highest BCUT2D eigenvalue weighted by Crippen LogP contribution is 2.36. The molecule has 3 unspecified atom stereocenters. The highest BCUT2D eigenvalue weighted by atomic mass is 35.5. The van der Waals surface area contributed by atoms with Gasteiger partial charge in [-0.25, -0.2) is 0 Å². The van der Waals surface area contributed by atoms with Crippen molar-refractivity contribution in [3.63, 3.8) is 0 Å². The number of allylic oxidation sites excluding steroid dienone is 1. The first-order valence-electron chi connectivity index (χ1n) is 10.6. The van der Waals surface area contributed by atoms with E-state index in [1.54, 1.807) is 0 Å². The fourth-order valence-corrected chi connectivity index (χ4v) is 4.53. The topological polar surface area (TPSA) is 44.8 Å². The number of fused-ring (bicyclic) bond motifs is 2. The Bertz CT molecular complexity index is 1140. The van der Waals surface area contributed by atoms with Gasteiger partial charge in [0.25, 0.3) is 0 Å². The summed E-state index contributed by atoms with van der Waals surface area (Å²) in [4.78, 5) is 13.0. The maximum absolute atomic E-state index is 13.0. The lowest BCUT2D eigenvalue weighted by atomic mass is 9.80. The van der Waals surface area contributed by atoms with Gasteiger partial charge in [0, 0.05) is 11.4 Å². The van der Waals surface area contributed by atoms with E-state index in [9.17, 15) is 4.79 Å². The summed E-state index contributed by atoms with van der Waals surface area (Å²) < 4.78 is 17.9. The van der Waals surface area contributed by atoms with Crippen molar-refractivity contribution in [2.24, 2.45) is 5.92 Å². The number of carbonyl (C=O) groups excluding carboxylic acids is 1. The molecular formula is C26H23ClO4. The molecule has 5 heteroatoms. The highest BCUT2D eigenvalue weighted by Gasteiger charge is 2.41. The molecule has 0 aromatic heterocycles. The van der Waals surface area contributed by atoms with E-state index in [1.807, 2.05) is 66.7 Å². The third kappa shape index (κ3) is 4.32. The molecule has 0 amide bonds. The quantitative estimate of drug-likeness (QED) is 0.489. The SMILES string of the molecule is O=C1C(Oc2ccc3ccccc3c2)=COC2CC(OCc3ccccc3Cl)CCC12. The van der Waals surface area contributed by atoms with Crippen LogP contribution in [-0.2, 0) is 20.9 Å². The second-order valence-corrected chi connectivity index (χ2v) is 8.48. The molecule has 4 nitrogen and oxygen atoms in total. The number of carbonyl (C=O) groups is 1. The van der Waals surface area contributed by atoms with Crippen LogP contribution in [0, 0.1) is 5.92 Å². The largest absolute Gasteiger partial charge is 0.493 e. The van der Waals surface area contributed by atoms with E-state index in [1.165, 1.54) is 6.26 Å². The average Bonchev–Trinajstić information content (AvgIpc) is 2.80. The van der Waals surface area contributed by atoms with Crippen LogP contribution in [0.2, 0.25) is 5.02 Å². The second-order valence-electron chi connectivity index (χ2n) is 8.08. The predicted molar refractivity (Wildman–Crippen MR) is 120 cm³/mol. The average molecular weight is 435 g/mol. The number of rotatable bonds is 5. The molecule has 1 heterocycles. The molecule has 1 saturated carbocycles. The van der Waals surface area contributed by atoms with Crippen LogP contribution in [0.3, 0.4) is 0 Å². The summed E-state index contributed by atoms with van der Waals surface area (Å²) in [5.74, 6) is 0.721. The molecule has 0 bridgehead atoms. The van der Waals surface area contributed by atoms with Gasteiger partial charge in [-0.1, -0.05) is 60.1 Å². The Hall–Kier alpha value is -2.82. The van der Waals surface area contributed by atoms with Crippen molar-refractivity contribution in [3.8, 4) is 5.75 Å². The molecule has 5 rings (SSSR count). The maximum Gasteiger partial charge on any atom is 0.207 e. The predicted octanol–water partition coefficient (Wildman–Crippen LogP) is 6.07. The van der Waals surface area contributed by atoms with Gasteiger partial charge in [-0.05, 0) is 47.4 Å². The van der Waals surface area contributed by atoms with Crippen molar-refractivity contribution >= 4 is 28.2 Å². The van der Waals surface area contributed by atoms with Crippen LogP contribution in [0.15, 0.2) is 78.8 Å². The minimum Gasteiger partial charge on any atom is -0.493 e. The van der Waals surface area contributed by atoms with E-state index in [2.05, 4.69) is 0 Å². The molecule has 3 aromatic rings. The molecule has 3 aromatic carbocycles. The Balaban J connectivity index is 1.22. The Labute approximate surface area is 186 Å². The van der Waals surface area contributed by atoms with E-state index >= 15 is 0 Å². The number of halogens is 1. The van der Waals surface area contributed by atoms with Crippen LogP contribution in [-0.4, -0.2) is 18.0 Å². The third-order valence-electron chi connectivity index (χ3n) is 6.05. The Morgan fingerprint density at radius 1 is 0.968 bits per heavy atom. The monoisotopic (exact) mass is 434 g/mol. The third-order valence-corrected chi connectivity index (χ3v) is 6.42. The van der Waals surface area contributed by atoms with Crippen molar-refractivity contribution in [2.45, 2.75) is 38.1 Å². The highest BCUT2D eigenvalue weighted by molar-refractivity contribution is 6.31. The van der Waals surface area contributed by atoms with E-state index in [-0.39, 0.29) is 29.7 Å². The van der Waals surface area contributed by atoms with Gasteiger partial charge in [-0.15, -0.1) is 0 Å². The standard InChI is InChI=1S/C26H23ClO4/c27-23-8-4-3-7-19(23)15-29-20-11-12-22-24(14-20)30-16-25(26(22)28)31-21-10-9-17-5-1-2-6-18(17)13-21/h1-10,13,16,20,22,24H,11-12,14-15H2. The van der Waals surface area contributed by atoms with E-state index in [0.717, 1.165) is 29.2 Å². The van der Waals surface area contributed by atoms with Gasteiger partial charge < -0.3 is 14.2 Å². The van der Waals surface area contributed by atoms with Crippen LogP contribution < -0.4 is 4.74 Å². The van der Waals surface area contributed by atoms with Gasteiger partial charge in [0.15, 0.2) is 0 Å². The fourth-order valence-electron chi connectivity index (χ4n) is 4.34. The number of hydrogen-bond donors (Lipinski definition) is 0. The smallest absolute Gasteiger partial charge is 0.207 e. The molecule has 158 valence electrons. The number of benzene rings is 3. The molecule has 2 aliphatic rings. The number of Topliss-reactive ketones (excluding diaryl/α,β-unsaturated/α-hetero) is 1. The van der Waals surface area contributed by atoms with Crippen LogP contribution in [0.5, 0.6) is 5.75 Å². The van der Waals surface area contributed by atoms with Gasteiger partial charge in [0.05, 0.1) is 18.6 Å². The zero-order valence-electron chi connectivity index (χ0n) is 17.0. The van der Waals surface area contributed by atoms with Gasteiger partial charge in [-0.2, -0.15) is 0 Å². The zero-order chi connectivity index (χ0) is 21.2. The van der Waals surface area contributed by atoms with E-state index in [0.29, 0.717) is 23.8 Å². The molecule has 0 radical (unpaired) electrons. The molecule has 0 saturated heterocycles. The van der Waals surface area contributed by atoms with Crippen molar-refractivity contribution in [3.05, 3.63) is 89.3 Å². The first-order valence-corrected chi connectivity index (χ1v) is 11.0. The molecule has 0 N–H and O–H groups in total. The van der Waals surface area contributed by atoms with E-state index in [4.69, 9.17) is 25.8 Å². The van der Waals surface area contributed by atoms with E-state index < -0.39 is 0 Å². The first kappa shape index (κ1) is 20.1. The minimum atomic E-state index is -0.194. The van der Waals surface area contributed by atoms with Gasteiger partial charge >= 0.3 is 0 Å². The summed E-state index contributed by atoms with van der Waals surface area (Å²) in [5, 5.41) is 2.91. The molecule has 31 heavy (non-hydrogen) atoms. The van der Waals surface area contributed by atoms with Crippen LogP contribution in [0.4, 0.5) is 0 Å². The molecule has 0 spiro atoms. The molecular weight excluding hydrogens is 412 g/mol. The summed E-state index contributed by atoms with van der Waals surface area (Å²) in [6, 6.07) is 21.5. The summed E-state index contributed by atoms with van der Waals surface area (Å²) in [7, 11) is 0. The van der Waals surface area contributed by atoms with Crippen molar-refractivity contribution in [2.75, 3.05) is 0 Å². The van der Waals surface area contributed by atoms with Crippen LogP contribution in [0.25, 0.3) is 10.8 Å². The van der Waals surface area contributed by atoms with Gasteiger partial charge in [-0.3, -0.25) is 4.79 Å². The number of ketones is 1. The molecule has 1 fully saturated rings. The molecule has 1 aliphatic heterocycles. The maximum atomic E-state index is 13.0. The Morgan fingerprint density at radius 2 is 1.77 bits per heavy atom. The second kappa shape index (κ2) is 8.74. The minimum absolute atomic E-state index is 0.00830. The summed E-state index contributed by atoms with van der Waals surface area (Å²) in [6.45, 7) is 0.460. The van der Waals surface area contributed by atoms with Crippen molar-refractivity contribution in [1.29, 1.82) is 0 Å². The van der Waals surface area contributed by atoms with Crippen LogP contribution >= 0.6 is 11.6 Å². The Morgan fingerprint density at radius 3 is 2.65 bits per heavy atom. The Kier molecular flexibility index (Phi) is 5.66. The van der Waals surface area contributed by atoms with Crippen molar-refractivity contribution in [1.82, 2.24) is 0 Å². The van der Waals surface area contributed by atoms with Gasteiger partial charge in [0.2, 0.25) is 11.5 Å². The zero-order valence-corrected chi connectivity index (χ0v) is 17.8. The number of hydrogen-bond acceptors (Lipinski definition) is 4. The lowest BCUT2D eigenvalue weighted by Crippen LogP contribution is -2.42. The lowest BCUT2D eigenvalue weighted by molar-refractivity contribution is -0.134. The molecule has 1 aliphatic carbocycles. The first-order chi connectivity index (χ1) is 15.2. The van der Waals surface area contributed by atoms with Crippen molar-refractivity contribution < 1.29 is 19.0 Å². The normalized spacial score (nSPS) is 23.1. The summed E-state index contributed by atoms with van der Waals surface area (Å²) in [6.07, 6.45) is 3.54. The lowest BCUT2D eigenvalue weighted by Gasteiger charge is -2.37. The summed E-state index contributed by atoms with van der Waals surface area (Å²) >= 11 is 6.22. The number of ether oxygens (including phenoxy) is 3. The summed E-state index contributed by atoms with van der Waals surface area (Å²) in [5.41, 5.74) is 0.970. The fraction of sp³-hybridized carbons (Fsp3) is 0.269. The molecule has 3 atom stereocenters.